The lowest BCUT2D eigenvalue weighted by atomic mass is 9.91. The quantitative estimate of drug-likeness (QED) is 0.146. The van der Waals surface area contributed by atoms with E-state index in [0.717, 1.165) is 92.5 Å². The average Bonchev–Trinajstić information content (AvgIpc) is 3.77. The Hall–Kier alpha value is -5.16. The molecule has 2 aliphatic heterocycles. The van der Waals surface area contributed by atoms with Gasteiger partial charge in [-0.05, 0) is 37.1 Å². The Labute approximate surface area is 334 Å². The summed E-state index contributed by atoms with van der Waals surface area (Å²) in [6, 6.07) is 8.02. The van der Waals surface area contributed by atoms with Crippen LogP contribution in [0.2, 0.25) is 0 Å². The Balaban J connectivity index is 0.843. The number of ether oxygens (including phenoxy) is 1. The zero-order valence-electron chi connectivity index (χ0n) is 32.0. The normalized spacial score (nSPS) is 16.1. The van der Waals surface area contributed by atoms with Crippen molar-refractivity contribution in [2.24, 2.45) is 0 Å². The molecule has 15 nitrogen and oxygen atoms in total. The molecule has 0 spiro atoms. The van der Waals surface area contributed by atoms with Gasteiger partial charge in [-0.15, -0.1) is 0 Å². The molecule has 0 atom stereocenters. The predicted molar refractivity (Wildman–Crippen MR) is 217 cm³/mol. The second-order valence-corrected chi connectivity index (χ2v) is 17.1. The van der Waals surface area contributed by atoms with Crippen molar-refractivity contribution < 1.29 is 23.9 Å². The average molecular weight is 801 g/mol. The first-order valence-electron chi connectivity index (χ1n) is 19.2. The maximum Gasteiger partial charge on any atom is 0.315 e. The predicted octanol–water partition coefficient (Wildman–Crippen LogP) is 4.23. The zero-order valence-corrected chi connectivity index (χ0v) is 33.7. The van der Waals surface area contributed by atoms with E-state index < -0.39 is 11.9 Å². The minimum atomic E-state index is -0.748. The fourth-order valence-corrected chi connectivity index (χ4v) is 9.09. The second-order valence-electron chi connectivity index (χ2n) is 15.1. The van der Waals surface area contributed by atoms with Crippen LogP contribution in [0.3, 0.4) is 0 Å². The van der Waals surface area contributed by atoms with Gasteiger partial charge in [0.15, 0.2) is 10.3 Å². The number of carbonyl (C=O) groups excluding carboxylic acids is 4. The Morgan fingerprint density at radius 3 is 1.55 bits per heavy atom. The Bertz CT molecular complexity index is 2000. The van der Waals surface area contributed by atoms with Gasteiger partial charge in [-0.25, -0.2) is 9.97 Å². The molecule has 1 saturated carbocycles. The number of thiazole rings is 2. The van der Waals surface area contributed by atoms with Crippen molar-refractivity contribution in [3.63, 3.8) is 0 Å². The van der Waals surface area contributed by atoms with Crippen molar-refractivity contribution >= 4 is 68.1 Å². The molecule has 296 valence electrons. The van der Waals surface area contributed by atoms with Crippen LogP contribution < -0.4 is 30.2 Å². The monoisotopic (exact) mass is 800 g/mol. The van der Waals surface area contributed by atoms with Crippen LogP contribution in [0, 0.1) is 0 Å². The molecule has 56 heavy (non-hydrogen) atoms. The third kappa shape index (κ3) is 9.61. The lowest BCUT2D eigenvalue weighted by molar-refractivity contribution is -0.159. The third-order valence-electron chi connectivity index (χ3n) is 9.96. The van der Waals surface area contributed by atoms with Gasteiger partial charge in [0.05, 0.1) is 24.2 Å². The number of nitrogens with zero attached hydrogens (tertiary/aromatic N) is 8. The number of anilines is 4. The van der Waals surface area contributed by atoms with Gasteiger partial charge >= 0.3 is 11.9 Å². The van der Waals surface area contributed by atoms with Gasteiger partial charge in [-0.1, -0.05) is 43.4 Å². The molecule has 0 radical (unpaired) electrons. The number of piperazine rings is 2. The third-order valence-corrected chi connectivity index (χ3v) is 12.2. The smallest absolute Gasteiger partial charge is 0.315 e. The van der Waals surface area contributed by atoms with Gasteiger partial charge in [-0.3, -0.25) is 29.1 Å². The fourth-order valence-electron chi connectivity index (χ4n) is 6.73. The number of hydrogen-bond donors (Lipinski definition) is 2. The Kier molecular flexibility index (Phi) is 12.1. The van der Waals surface area contributed by atoms with Crippen molar-refractivity contribution in [2.75, 3.05) is 85.0 Å². The highest BCUT2D eigenvalue weighted by Crippen LogP contribution is 2.44. The summed E-state index contributed by atoms with van der Waals surface area (Å²) in [5, 5.41) is 7.26. The Morgan fingerprint density at radius 2 is 1.09 bits per heavy atom. The van der Waals surface area contributed by atoms with Crippen LogP contribution in [0.1, 0.15) is 83.1 Å². The summed E-state index contributed by atoms with van der Waals surface area (Å²) in [7, 11) is 0. The van der Waals surface area contributed by atoms with E-state index in [4.69, 9.17) is 14.7 Å². The fraction of sp³-hybridized carbons (Fsp3) is 0.487. The van der Waals surface area contributed by atoms with Crippen molar-refractivity contribution in [3.8, 4) is 0 Å². The zero-order chi connectivity index (χ0) is 39.2. The molecule has 4 aromatic heterocycles. The maximum absolute atomic E-state index is 13.4. The maximum atomic E-state index is 13.4. The summed E-state index contributed by atoms with van der Waals surface area (Å²) >= 11 is 2.74. The van der Waals surface area contributed by atoms with Crippen LogP contribution in [-0.4, -0.2) is 109 Å². The molecule has 4 aromatic rings. The van der Waals surface area contributed by atoms with Gasteiger partial charge in [0.2, 0.25) is 0 Å². The van der Waals surface area contributed by atoms with E-state index in [1.165, 1.54) is 22.7 Å². The number of esters is 2. The van der Waals surface area contributed by atoms with E-state index in [-0.39, 0.29) is 49.1 Å². The molecule has 6 heterocycles. The summed E-state index contributed by atoms with van der Waals surface area (Å²) in [5.74, 6) is -1.81. The SMILES string of the molecule is CC(C)(C)c1nc(N2CCN(c3ccncc3)CC2)sc1C(=O)NCCC(=O)OC(=O)CCNC(=O)c1sc(N2CCN(c3ccncc3)CC2)nc1C1CC1. The van der Waals surface area contributed by atoms with Gasteiger partial charge in [-0.2, -0.15) is 0 Å². The lowest BCUT2D eigenvalue weighted by Gasteiger charge is -2.35. The van der Waals surface area contributed by atoms with Gasteiger partial charge in [0, 0.05) is 113 Å². The molecule has 2 amide bonds. The highest BCUT2D eigenvalue weighted by Gasteiger charge is 2.34. The van der Waals surface area contributed by atoms with Crippen molar-refractivity contribution in [1.29, 1.82) is 0 Å². The van der Waals surface area contributed by atoms with Crippen LogP contribution in [0.15, 0.2) is 49.1 Å². The summed E-state index contributed by atoms with van der Waals surface area (Å²) in [6.07, 6.45) is 8.84. The summed E-state index contributed by atoms with van der Waals surface area (Å²) in [4.78, 5) is 79.8. The summed E-state index contributed by atoms with van der Waals surface area (Å²) in [5.41, 5.74) is 3.42. The standard InChI is InChI=1S/C39H48N10O5S2/c1-39(2,3)34-33(56-38(45-34)49-24-20-47(21-25-49)28-8-14-41-15-9-28)36(53)43-17-11-30(51)54-29(50)10-16-42-35(52)32-31(26-4-5-26)44-37(55-32)48-22-18-46(19-23-48)27-6-12-40-13-7-27/h6-9,12-15,26H,4-5,10-11,16-25H2,1-3H3,(H,42,52)(H,43,53). The molecule has 0 unspecified atom stereocenters. The van der Waals surface area contributed by atoms with Gasteiger partial charge < -0.3 is 35.0 Å². The van der Waals surface area contributed by atoms with Crippen LogP contribution in [0.4, 0.5) is 21.6 Å². The van der Waals surface area contributed by atoms with Crippen LogP contribution in [-0.2, 0) is 19.7 Å². The second kappa shape index (κ2) is 17.3. The number of hydrogen-bond acceptors (Lipinski definition) is 15. The number of carbonyl (C=O) groups is 4. The van der Waals surface area contributed by atoms with E-state index in [0.29, 0.717) is 15.4 Å². The summed E-state index contributed by atoms with van der Waals surface area (Å²) in [6.45, 7) is 12.5. The molecular weight excluding hydrogens is 753 g/mol. The van der Waals surface area contributed by atoms with Crippen LogP contribution >= 0.6 is 22.7 Å². The van der Waals surface area contributed by atoms with Gasteiger partial charge in [0.25, 0.3) is 11.8 Å². The van der Waals surface area contributed by atoms with Crippen molar-refractivity contribution in [2.45, 2.75) is 57.8 Å². The number of aromatic nitrogens is 4. The number of amides is 2. The van der Waals surface area contributed by atoms with Crippen molar-refractivity contribution in [3.05, 3.63) is 70.2 Å². The molecule has 0 aromatic carbocycles. The summed E-state index contributed by atoms with van der Waals surface area (Å²) < 4.78 is 5.00. The van der Waals surface area contributed by atoms with Gasteiger partial charge in [0.1, 0.15) is 9.75 Å². The molecule has 7 rings (SSSR count). The Morgan fingerprint density at radius 1 is 0.661 bits per heavy atom. The van der Waals surface area contributed by atoms with E-state index in [2.05, 4.69) is 40.2 Å². The van der Waals surface area contributed by atoms with Crippen LogP contribution in [0.25, 0.3) is 0 Å². The molecular formula is C39H48N10O5S2. The largest absolute Gasteiger partial charge is 0.393 e. The highest BCUT2D eigenvalue weighted by molar-refractivity contribution is 7.18. The first-order valence-corrected chi connectivity index (χ1v) is 20.8. The number of rotatable bonds is 13. The lowest BCUT2D eigenvalue weighted by Crippen LogP contribution is -2.46. The van der Waals surface area contributed by atoms with E-state index in [1.807, 2.05) is 45.0 Å². The minimum absolute atomic E-state index is 0.000451. The van der Waals surface area contributed by atoms with E-state index in [1.54, 1.807) is 24.8 Å². The first kappa shape index (κ1) is 39.1. The highest BCUT2D eigenvalue weighted by atomic mass is 32.1. The molecule has 17 heteroatoms. The molecule has 0 bridgehead atoms. The topological polar surface area (TPSA) is 166 Å². The van der Waals surface area contributed by atoms with E-state index >= 15 is 0 Å². The van der Waals surface area contributed by atoms with Crippen molar-refractivity contribution in [1.82, 2.24) is 30.6 Å². The number of nitrogens with one attached hydrogen (secondary N) is 2. The molecule has 1 aliphatic carbocycles. The molecule has 2 N–H and O–H groups in total. The van der Waals surface area contributed by atoms with Crippen LogP contribution in [0.5, 0.6) is 0 Å². The first-order chi connectivity index (χ1) is 27.0. The van der Waals surface area contributed by atoms with E-state index in [9.17, 15) is 19.2 Å². The number of pyridine rings is 2. The molecule has 2 saturated heterocycles. The molecule has 3 fully saturated rings. The minimum Gasteiger partial charge on any atom is -0.393 e. The molecule has 3 aliphatic rings.